The highest BCUT2D eigenvalue weighted by Gasteiger charge is 2.31. The third-order valence-electron chi connectivity index (χ3n) is 1.69. The van der Waals surface area contributed by atoms with E-state index in [1.807, 2.05) is 0 Å². The number of carbonyl (C=O) groups is 1. The number of amides is 1. The Morgan fingerprint density at radius 2 is 2.08 bits per heavy atom. The second-order valence-electron chi connectivity index (χ2n) is 2.52. The maximum atomic E-state index is 11.2. The number of anilines is 1. The van der Waals surface area contributed by atoms with Crippen molar-refractivity contribution in [1.29, 1.82) is 0 Å². The molecule has 0 spiro atoms. The lowest BCUT2D eigenvalue weighted by atomic mass is 10.2. The first-order valence-electron chi connectivity index (χ1n) is 3.59. The third kappa shape index (κ3) is 1.34. The van der Waals surface area contributed by atoms with E-state index >= 15 is 0 Å². The highest BCUT2D eigenvalue weighted by atomic mass is 35.5. The summed E-state index contributed by atoms with van der Waals surface area (Å²) in [5.41, 5.74) is -0.515. The van der Waals surface area contributed by atoms with Crippen LogP contribution in [0.1, 0.15) is 0 Å². The van der Waals surface area contributed by atoms with Crippen molar-refractivity contribution in [1.82, 2.24) is 0 Å². The van der Waals surface area contributed by atoms with Gasteiger partial charge in [0.2, 0.25) is 0 Å². The van der Waals surface area contributed by atoms with Crippen molar-refractivity contribution >= 4 is 35.0 Å². The molecular weight excluding hydrogens is 213 g/mol. The van der Waals surface area contributed by atoms with E-state index in [4.69, 9.17) is 28.1 Å². The molecule has 1 aromatic rings. The zero-order valence-corrected chi connectivity index (χ0v) is 7.92. The van der Waals surface area contributed by atoms with Crippen molar-refractivity contribution in [3.05, 3.63) is 24.3 Å². The van der Waals surface area contributed by atoms with Gasteiger partial charge >= 0.3 is 0 Å². The number of nitrogens with zero attached hydrogens (tertiary/aromatic N) is 1. The van der Waals surface area contributed by atoms with E-state index in [1.165, 1.54) is 0 Å². The molecule has 1 aromatic carbocycles. The SMILES string of the molecule is O=C1C(Cl)Oc2ccccc2N1Cl. The molecule has 1 heterocycles. The number of fused-ring (bicyclic) bond motifs is 1. The molecule has 1 atom stereocenters. The second-order valence-corrected chi connectivity index (χ2v) is 3.26. The van der Waals surface area contributed by atoms with Crippen LogP contribution < -0.4 is 9.16 Å². The lowest BCUT2D eigenvalue weighted by molar-refractivity contribution is -0.121. The average Bonchev–Trinajstić information content (AvgIpc) is 2.15. The fraction of sp³-hybridized carbons (Fsp3) is 0.125. The van der Waals surface area contributed by atoms with Gasteiger partial charge in [-0.3, -0.25) is 4.79 Å². The van der Waals surface area contributed by atoms with Crippen molar-refractivity contribution < 1.29 is 9.53 Å². The molecule has 0 aromatic heterocycles. The van der Waals surface area contributed by atoms with E-state index < -0.39 is 11.5 Å². The number of hydrogen-bond donors (Lipinski definition) is 0. The van der Waals surface area contributed by atoms with E-state index in [0.29, 0.717) is 11.4 Å². The van der Waals surface area contributed by atoms with Gasteiger partial charge in [0.05, 0.1) is 0 Å². The van der Waals surface area contributed by atoms with Gasteiger partial charge in [-0.05, 0) is 12.1 Å². The van der Waals surface area contributed by atoms with Crippen LogP contribution in [0.3, 0.4) is 0 Å². The number of ether oxygens (including phenoxy) is 1. The fourth-order valence-corrected chi connectivity index (χ4v) is 1.56. The third-order valence-corrected chi connectivity index (χ3v) is 2.32. The summed E-state index contributed by atoms with van der Waals surface area (Å²) in [6, 6.07) is 6.93. The molecule has 0 bridgehead atoms. The quantitative estimate of drug-likeness (QED) is 0.493. The van der Waals surface area contributed by atoms with E-state index in [2.05, 4.69) is 0 Å². The normalized spacial score (nSPS) is 20.9. The summed E-state index contributed by atoms with van der Waals surface area (Å²) in [5, 5.41) is 0. The van der Waals surface area contributed by atoms with Gasteiger partial charge in [-0.25, -0.2) is 4.42 Å². The largest absolute Gasteiger partial charge is 0.463 e. The zero-order valence-electron chi connectivity index (χ0n) is 6.41. The molecule has 1 aliphatic heterocycles. The summed E-state index contributed by atoms with van der Waals surface area (Å²) in [6.07, 6.45) is 0. The number of rotatable bonds is 0. The molecule has 0 aliphatic carbocycles. The molecule has 1 unspecified atom stereocenters. The highest BCUT2D eigenvalue weighted by molar-refractivity contribution is 6.44. The lowest BCUT2D eigenvalue weighted by Crippen LogP contribution is -2.37. The first-order chi connectivity index (χ1) is 6.20. The number of benzene rings is 1. The highest BCUT2D eigenvalue weighted by Crippen LogP contribution is 2.35. The summed E-state index contributed by atoms with van der Waals surface area (Å²) in [6.45, 7) is 0. The van der Waals surface area contributed by atoms with Crippen molar-refractivity contribution in [3.63, 3.8) is 0 Å². The van der Waals surface area contributed by atoms with Gasteiger partial charge in [-0.2, -0.15) is 0 Å². The Labute approximate surface area is 84.9 Å². The minimum Gasteiger partial charge on any atom is -0.463 e. The minimum atomic E-state index is -1.03. The van der Waals surface area contributed by atoms with Crippen LogP contribution in [0.25, 0.3) is 0 Å². The predicted molar refractivity (Wildman–Crippen MR) is 50.1 cm³/mol. The Morgan fingerprint density at radius 1 is 1.38 bits per heavy atom. The number of para-hydroxylation sites is 2. The molecule has 13 heavy (non-hydrogen) atoms. The van der Waals surface area contributed by atoms with Gasteiger partial charge < -0.3 is 4.74 Å². The fourth-order valence-electron chi connectivity index (χ4n) is 1.09. The summed E-state index contributed by atoms with van der Waals surface area (Å²) >= 11 is 11.3. The molecular formula is C8H5Cl2NO2. The molecule has 68 valence electrons. The minimum absolute atomic E-state index is 0.470. The molecule has 5 heteroatoms. The van der Waals surface area contributed by atoms with E-state index in [-0.39, 0.29) is 0 Å². The van der Waals surface area contributed by atoms with Gasteiger partial charge in [-0.15, -0.1) is 0 Å². The van der Waals surface area contributed by atoms with Crippen molar-refractivity contribution in [2.24, 2.45) is 0 Å². The van der Waals surface area contributed by atoms with Crippen LogP contribution in [-0.4, -0.2) is 11.5 Å². The Hall–Kier alpha value is -0.930. The van der Waals surface area contributed by atoms with Crippen LogP contribution >= 0.6 is 23.4 Å². The van der Waals surface area contributed by atoms with Gasteiger partial charge in [-0.1, -0.05) is 23.7 Å². The molecule has 0 fully saturated rings. The Morgan fingerprint density at radius 3 is 2.85 bits per heavy atom. The first-order valence-corrected chi connectivity index (χ1v) is 4.37. The zero-order chi connectivity index (χ0) is 9.42. The van der Waals surface area contributed by atoms with Crippen LogP contribution in [-0.2, 0) is 4.79 Å². The van der Waals surface area contributed by atoms with Gasteiger partial charge in [0.1, 0.15) is 11.4 Å². The molecule has 0 radical (unpaired) electrons. The average molecular weight is 218 g/mol. The van der Waals surface area contributed by atoms with E-state index in [9.17, 15) is 4.79 Å². The summed E-state index contributed by atoms with van der Waals surface area (Å²) in [5.74, 6) is 0.0409. The summed E-state index contributed by atoms with van der Waals surface area (Å²) in [7, 11) is 0. The number of alkyl halides is 1. The molecule has 1 aliphatic rings. The van der Waals surface area contributed by atoms with E-state index in [1.54, 1.807) is 24.3 Å². The Bertz CT molecular complexity index is 356. The lowest BCUT2D eigenvalue weighted by Gasteiger charge is -2.26. The molecule has 0 saturated heterocycles. The standard InChI is InChI=1S/C8H5Cl2NO2/c9-7-8(12)11(10)5-3-1-2-4-6(5)13-7/h1-4,7H. The summed E-state index contributed by atoms with van der Waals surface area (Å²) < 4.78 is 6.07. The monoisotopic (exact) mass is 217 g/mol. The van der Waals surface area contributed by atoms with Gasteiger partial charge in [0.15, 0.2) is 0 Å². The molecule has 2 rings (SSSR count). The number of halogens is 2. The molecule has 0 saturated carbocycles. The van der Waals surface area contributed by atoms with Crippen LogP contribution in [0.4, 0.5) is 5.69 Å². The van der Waals surface area contributed by atoms with Gasteiger partial charge in [0, 0.05) is 11.8 Å². The topological polar surface area (TPSA) is 29.5 Å². The van der Waals surface area contributed by atoms with Crippen LogP contribution in [0.15, 0.2) is 24.3 Å². The van der Waals surface area contributed by atoms with E-state index in [0.717, 1.165) is 4.42 Å². The van der Waals surface area contributed by atoms with Crippen LogP contribution in [0.5, 0.6) is 5.75 Å². The second kappa shape index (κ2) is 3.09. The first kappa shape index (κ1) is 8.66. The predicted octanol–water partition coefficient (Wildman–Crippen LogP) is 2.13. The number of hydrogen-bond acceptors (Lipinski definition) is 2. The van der Waals surface area contributed by atoms with Crippen molar-refractivity contribution in [2.45, 2.75) is 5.56 Å². The molecule has 3 nitrogen and oxygen atoms in total. The smallest absolute Gasteiger partial charge is 0.298 e. The van der Waals surface area contributed by atoms with Crippen LogP contribution in [0.2, 0.25) is 0 Å². The van der Waals surface area contributed by atoms with Crippen molar-refractivity contribution in [3.8, 4) is 5.75 Å². The van der Waals surface area contributed by atoms with Crippen LogP contribution in [0, 0.1) is 0 Å². The number of carbonyl (C=O) groups excluding carboxylic acids is 1. The Kier molecular flexibility index (Phi) is 2.06. The molecule has 1 amide bonds. The maximum absolute atomic E-state index is 11.2. The maximum Gasteiger partial charge on any atom is 0.298 e. The van der Waals surface area contributed by atoms with Gasteiger partial charge in [0.25, 0.3) is 11.5 Å². The Balaban J connectivity index is 2.49. The molecule has 0 N–H and O–H groups in total. The summed E-state index contributed by atoms with van der Waals surface area (Å²) in [4.78, 5) is 11.2. The van der Waals surface area contributed by atoms with Crippen molar-refractivity contribution in [2.75, 3.05) is 4.42 Å².